The zero-order valence-electron chi connectivity index (χ0n) is 12.4. The molecule has 0 unspecified atom stereocenters. The van der Waals surface area contributed by atoms with Crippen LogP contribution in [-0.4, -0.2) is 23.8 Å². The first-order valence-corrected chi connectivity index (χ1v) is 6.19. The predicted molar refractivity (Wildman–Crippen MR) is 67.4 cm³/mol. The molecule has 6 heteroatoms. The molecule has 0 aliphatic carbocycles. The molecule has 2 N–H and O–H groups in total. The Balaban J connectivity index is 5.13. The summed E-state index contributed by atoms with van der Waals surface area (Å²) < 4.78 is 43.2. The van der Waals surface area contributed by atoms with Gasteiger partial charge in [0.05, 0.1) is 5.92 Å². The lowest BCUT2D eigenvalue weighted by Gasteiger charge is -2.32. The Morgan fingerprint density at radius 2 is 1.53 bits per heavy atom. The largest absolute Gasteiger partial charge is 0.460 e. The van der Waals surface area contributed by atoms with Crippen LogP contribution in [0.25, 0.3) is 0 Å². The number of carbonyl (C=O) groups excluding carboxylic acids is 1. The predicted octanol–water partition coefficient (Wildman–Crippen LogP) is 3.27. The third-order valence-electron chi connectivity index (χ3n) is 2.35. The Labute approximate surface area is 112 Å². The van der Waals surface area contributed by atoms with Crippen LogP contribution in [0.4, 0.5) is 13.2 Å². The van der Waals surface area contributed by atoms with Crippen molar-refractivity contribution in [2.45, 2.75) is 65.8 Å². The first-order chi connectivity index (χ1) is 8.13. The summed E-state index contributed by atoms with van der Waals surface area (Å²) in [5.74, 6) is -2.29. The minimum Gasteiger partial charge on any atom is -0.460 e. The van der Waals surface area contributed by atoms with Crippen LogP contribution in [0.15, 0.2) is 0 Å². The van der Waals surface area contributed by atoms with Crippen molar-refractivity contribution in [2.24, 2.45) is 17.1 Å². The summed E-state index contributed by atoms with van der Waals surface area (Å²) in [5.41, 5.74) is 3.91. The Kier molecular flexibility index (Phi) is 5.46. The fraction of sp³-hybridized carbons (Fsp3) is 0.923. The number of nitrogens with two attached hydrogens (primary N) is 1. The van der Waals surface area contributed by atoms with E-state index in [1.165, 1.54) is 0 Å². The normalized spacial score (nSPS) is 16.9. The number of carbonyl (C=O) groups is 1. The summed E-state index contributed by atoms with van der Waals surface area (Å²) in [7, 11) is 0. The summed E-state index contributed by atoms with van der Waals surface area (Å²) >= 11 is 0. The molecule has 0 aromatic rings. The van der Waals surface area contributed by atoms with Gasteiger partial charge < -0.3 is 10.5 Å². The van der Waals surface area contributed by atoms with Gasteiger partial charge in [-0.25, -0.2) is 0 Å². The minimum absolute atomic E-state index is 0.0165. The molecule has 0 saturated heterocycles. The average molecular weight is 283 g/mol. The van der Waals surface area contributed by atoms with Gasteiger partial charge in [0.25, 0.3) is 0 Å². The summed E-state index contributed by atoms with van der Waals surface area (Å²) in [5, 5.41) is 0. The number of halogens is 3. The third-order valence-corrected chi connectivity index (χ3v) is 2.35. The summed E-state index contributed by atoms with van der Waals surface area (Å²) in [6, 6.07) is -2.21. The zero-order valence-corrected chi connectivity index (χ0v) is 12.4. The maximum Gasteiger partial charge on any atom is 0.404 e. The number of hydrogen-bond donors (Lipinski definition) is 1. The van der Waals surface area contributed by atoms with Gasteiger partial charge in [-0.05, 0) is 32.6 Å². The van der Waals surface area contributed by atoms with Crippen LogP contribution in [0.3, 0.4) is 0 Å². The monoisotopic (exact) mass is 283 g/mol. The van der Waals surface area contributed by atoms with Crippen LogP contribution < -0.4 is 5.73 Å². The number of ether oxygens (including phenoxy) is 1. The second-order valence-corrected chi connectivity index (χ2v) is 6.97. The van der Waals surface area contributed by atoms with Crippen molar-refractivity contribution in [1.29, 1.82) is 0 Å². The Bertz CT molecular complexity index is 313. The minimum atomic E-state index is -4.62. The quantitative estimate of drug-likeness (QED) is 0.809. The molecule has 2 atom stereocenters. The van der Waals surface area contributed by atoms with Gasteiger partial charge in [-0.15, -0.1) is 0 Å². The third kappa shape index (κ3) is 7.40. The van der Waals surface area contributed by atoms with Crippen molar-refractivity contribution in [2.75, 3.05) is 0 Å². The van der Waals surface area contributed by atoms with E-state index < -0.39 is 35.1 Å². The smallest absolute Gasteiger partial charge is 0.404 e. The topological polar surface area (TPSA) is 52.3 Å². The Morgan fingerprint density at radius 1 is 1.11 bits per heavy atom. The molecule has 0 radical (unpaired) electrons. The highest BCUT2D eigenvalue weighted by Crippen LogP contribution is 2.33. The molecule has 0 saturated carbocycles. The van der Waals surface area contributed by atoms with Gasteiger partial charge in [0.2, 0.25) is 0 Å². The first-order valence-electron chi connectivity index (χ1n) is 6.19. The van der Waals surface area contributed by atoms with E-state index in [2.05, 4.69) is 0 Å². The van der Waals surface area contributed by atoms with Gasteiger partial charge in [0.15, 0.2) is 0 Å². The molecule has 0 aliphatic heterocycles. The molecule has 0 bridgehead atoms. The second-order valence-electron chi connectivity index (χ2n) is 6.97. The van der Waals surface area contributed by atoms with Crippen molar-refractivity contribution in [3.63, 3.8) is 0 Å². The fourth-order valence-corrected chi connectivity index (χ4v) is 1.62. The van der Waals surface area contributed by atoms with Crippen LogP contribution in [0.2, 0.25) is 0 Å². The van der Waals surface area contributed by atoms with E-state index in [1.54, 1.807) is 41.5 Å². The van der Waals surface area contributed by atoms with Gasteiger partial charge in [-0.3, -0.25) is 4.79 Å². The molecule has 0 rings (SSSR count). The highest BCUT2D eigenvalue weighted by atomic mass is 19.4. The number of alkyl halides is 3. The van der Waals surface area contributed by atoms with E-state index in [-0.39, 0.29) is 6.42 Å². The van der Waals surface area contributed by atoms with Crippen molar-refractivity contribution in [1.82, 2.24) is 0 Å². The zero-order chi connectivity index (χ0) is 15.6. The molecule has 114 valence electrons. The summed E-state index contributed by atoms with van der Waals surface area (Å²) in [4.78, 5) is 11.9. The maximum atomic E-state index is 12.7. The SMILES string of the molecule is CC(C)(C)C[C@H](C(=O)OC(C)(C)C)[C@H](N)C(F)(F)F. The van der Waals surface area contributed by atoms with Gasteiger partial charge in [-0.2, -0.15) is 13.2 Å². The van der Waals surface area contributed by atoms with E-state index >= 15 is 0 Å². The molecule has 19 heavy (non-hydrogen) atoms. The van der Waals surface area contributed by atoms with E-state index in [0.29, 0.717) is 0 Å². The fourth-order valence-electron chi connectivity index (χ4n) is 1.62. The van der Waals surface area contributed by atoms with E-state index in [9.17, 15) is 18.0 Å². The summed E-state index contributed by atoms with van der Waals surface area (Å²) in [6.07, 6.45) is -4.60. The Hall–Kier alpha value is -0.780. The van der Waals surface area contributed by atoms with Gasteiger partial charge in [-0.1, -0.05) is 20.8 Å². The molecular weight excluding hydrogens is 259 g/mol. The number of esters is 1. The van der Waals surface area contributed by atoms with Gasteiger partial charge >= 0.3 is 12.1 Å². The lowest BCUT2D eigenvalue weighted by Crippen LogP contribution is -2.49. The van der Waals surface area contributed by atoms with Crippen molar-refractivity contribution >= 4 is 5.97 Å². The van der Waals surface area contributed by atoms with Crippen molar-refractivity contribution in [3.8, 4) is 0 Å². The van der Waals surface area contributed by atoms with Crippen molar-refractivity contribution < 1.29 is 22.7 Å². The van der Waals surface area contributed by atoms with E-state index in [0.717, 1.165) is 0 Å². The molecule has 0 heterocycles. The number of hydrogen-bond acceptors (Lipinski definition) is 3. The van der Waals surface area contributed by atoms with Crippen molar-refractivity contribution in [3.05, 3.63) is 0 Å². The molecule has 0 spiro atoms. The highest BCUT2D eigenvalue weighted by Gasteiger charge is 2.47. The molecule has 0 fully saturated rings. The standard InChI is InChI=1S/C13H24F3NO2/c1-11(2,3)7-8(9(17)13(14,15)16)10(18)19-12(4,5)6/h8-9H,7,17H2,1-6H3/t8-,9-/m0/s1. The lowest BCUT2D eigenvalue weighted by molar-refractivity contribution is -0.185. The molecular formula is C13H24F3NO2. The molecule has 0 aliphatic rings. The second kappa shape index (κ2) is 5.69. The van der Waals surface area contributed by atoms with Crippen LogP contribution in [0.1, 0.15) is 48.0 Å². The molecule has 0 aromatic heterocycles. The van der Waals surface area contributed by atoms with Crippen LogP contribution >= 0.6 is 0 Å². The maximum absolute atomic E-state index is 12.7. The van der Waals surface area contributed by atoms with Crippen LogP contribution in [-0.2, 0) is 9.53 Å². The van der Waals surface area contributed by atoms with Crippen LogP contribution in [0.5, 0.6) is 0 Å². The summed E-state index contributed by atoms with van der Waals surface area (Å²) in [6.45, 7) is 10.1. The highest BCUT2D eigenvalue weighted by molar-refractivity contribution is 5.74. The average Bonchev–Trinajstić information content (AvgIpc) is 2.06. The van der Waals surface area contributed by atoms with E-state index in [1.807, 2.05) is 0 Å². The first kappa shape index (κ1) is 18.2. The van der Waals surface area contributed by atoms with Gasteiger partial charge in [0, 0.05) is 0 Å². The number of rotatable bonds is 3. The van der Waals surface area contributed by atoms with E-state index in [4.69, 9.17) is 10.5 Å². The lowest BCUT2D eigenvalue weighted by atomic mass is 9.81. The molecule has 0 aromatic carbocycles. The molecule has 3 nitrogen and oxygen atoms in total. The van der Waals surface area contributed by atoms with Gasteiger partial charge in [0.1, 0.15) is 11.6 Å². The Morgan fingerprint density at radius 3 is 1.79 bits per heavy atom. The molecule has 0 amide bonds. The van der Waals surface area contributed by atoms with Crippen LogP contribution in [0, 0.1) is 11.3 Å².